The molecule has 0 N–H and O–H groups in total. The number of aromatic nitrogens is 2. The minimum atomic E-state index is -0.00593. The number of pyridine rings is 1. The zero-order chi connectivity index (χ0) is 15.7. The summed E-state index contributed by atoms with van der Waals surface area (Å²) >= 11 is 4.89. The highest BCUT2D eigenvalue weighted by Gasteiger charge is 2.20. The lowest BCUT2D eigenvalue weighted by atomic mass is 10.1. The molecular formula is C17H15BrN2OS. The number of ketones is 1. The third-order valence-corrected chi connectivity index (χ3v) is 4.78. The monoisotopic (exact) mass is 374 g/mol. The molecule has 0 radical (unpaired) electrons. The van der Waals surface area contributed by atoms with Crippen molar-refractivity contribution >= 4 is 39.1 Å². The Balaban J connectivity index is 2.16. The molecule has 112 valence electrons. The molecule has 5 heteroatoms. The summed E-state index contributed by atoms with van der Waals surface area (Å²) in [6, 6.07) is 11.5. The van der Waals surface area contributed by atoms with Crippen molar-refractivity contribution in [2.75, 3.05) is 6.26 Å². The van der Waals surface area contributed by atoms with Crippen LogP contribution in [0.4, 0.5) is 0 Å². The van der Waals surface area contributed by atoms with Crippen LogP contribution in [0.3, 0.4) is 0 Å². The Morgan fingerprint density at radius 3 is 2.64 bits per heavy atom. The lowest BCUT2D eigenvalue weighted by Crippen LogP contribution is -2.06. The molecule has 0 aliphatic rings. The van der Waals surface area contributed by atoms with Gasteiger partial charge in [-0.25, -0.2) is 4.98 Å². The van der Waals surface area contributed by atoms with E-state index in [9.17, 15) is 4.79 Å². The molecule has 0 bridgehead atoms. The molecule has 0 atom stereocenters. The number of hydrogen-bond acceptors (Lipinski definition) is 3. The van der Waals surface area contributed by atoms with Crippen LogP contribution in [-0.2, 0) is 6.42 Å². The predicted molar refractivity (Wildman–Crippen MR) is 93.9 cm³/mol. The molecule has 0 saturated heterocycles. The fourth-order valence-electron chi connectivity index (χ4n) is 2.37. The third kappa shape index (κ3) is 2.71. The van der Waals surface area contributed by atoms with Gasteiger partial charge in [0.25, 0.3) is 0 Å². The first-order chi connectivity index (χ1) is 10.6. The normalized spacial score (nSPS) is 11.0. The van der Waals surface area contributed by atoms with Crippen molar-refractivity contribution in [1.82, 2.24) is 9.38 Å². The van der Waals surface area contributed by atoms with Gasteiger partial charge in [0.2, 0.25) is 5.78 Å². The first-order valence-corrected chi connectivity index (χ1v) is 9.01. The first kappa shape index (κ1) is 15.3. The number of halogens is 1. The summed E-state index contributed by atoms with van der Waals surface area (Å²) in [5.41, 5.74) is 3.34. The van der Waals surface area contributed by atoms with Crippen LogP contribution in [0.2, 0.25) is 0 Å². The molecule has 2 aromatic heterocycles. The fourth-order valence-corrected chi connectivity index (χ4v) is 3.21. The van der Waals surface area contributed by atoms with Crippen molar-refractivity contribution in [2.24, 2.45) is 0 Å². The Morgan fingerprint density at radius 1 is 1.27 bits per heavy atom. The van der Waals surface area contributed by atoms with E-state index in [1.54, 1.807) is 0 Å². The van der Waals surface area contributed by atoms with Crippen molar-refractivity contribution in [3.8, 4) is 0 Å². The molecule has 0 unspecified atom stereocenters. The Hall–Kier alpha value is -1.59. The molecule has 0 spiro atoms. The van der Waals surface area contributed by atoms with Crippen LogP contribution in [0.15, 0.2) is 52.1 Å². The number of aryl methyl sites for hydroxylation is 1. The predicted octanol–water partition coefficient (Wildman–Crippen LogP) is 4.61. The van der Waals surface area contributed by atoms with Gasteiger partial charge >= 0.3 is 0 Å². The van der Waals surface area contributed by atoms with E-state index in [2.05, 4.69) is 27.8 Å². The topological polar surface area (TPSA) is 34.4 Å². The Labute approximate surface area is 141 Å². The zero-order valence-electron chi connectivity index (χ0n) is 12.3. The highest BCUT2D eigenvalue weighted by molar-refractivity contribution is 9.10. The minimum Gasteiger partial charge on any atom is -0.296 e. The second-order valence-corrected chi connectivity index (χ2v) is 6.63. The van der Waals surface area contributed by atoms with Gasteiger partial charge in [0.15, 0.2) is 0 Å². The van der Waals surface area contributed by atoms with Gasteiger partial charge in [-0.1, -0.05) is 22.9 Å². The number of carbonyl (C=O) groups excluding carboxylic acids is 1. The molecule has 1 aromatic carbocycles. The molecule has 0 amide bonds. The summed E-state index contributed by atoms with van der Waals surface area (Å²) in [5.74, 6) is -0.00593. The third-order valence-electron chi connectivity index (χ3n) is 3.58. The van der Waals surface area contributed by atoms with E-state index >= 15 is 0 Å². The highest BCUT2D eigenvalue weighted by atomic mass is 79.9. The van der Waals surface area contributed by atoms with E-state index < -0.39 is 0 Å². The number of hydrogen-bond donors (Lipinski definition) is 0. The second kappa shape index (κ2) is 6.26. The van der Waals surface area contributed by atoms with Gasteiger partial charge in [0.05, 0.1) is 0 Å². The summed E-state index contributed by atoms with van der Waals surface area (Å²) in [7, 11) is 0. The Bertz CT molecular complexity index is 840. The van der Waals surface area contributed by atoms with Crippen molar-refractivity contribution in [1.29, 1.82) is 0 Å². The number of carbonyl (C=O) groups is 1. The summed E-state index contributed by atoms with van der Waals surface area (Å²) in [5, 5.41) is 0.765. The van der Waals surface area contributed by atoms with Crippen molar-refractivity contribution in [3.63, 3.8) is 0 Å². The van der Waals surface area contributed by atoms with Crippen LogP contribution in [0.5, 0.6) is 0 Å². The molecule has 3 aromatic rings. The summed E-state index contributed by atoms with van der Waals surface area (Å²) < 4.78 is 2.84. The molecule has 0 aliphatic heterocycles. The SMILES string of the molecule is CCc1ccn2c(C(=O)c3ccc(Br)cc3)c(SC)nc2c1. The van der Waals surface area contributed by atoms with Gasteiger partial charge in [0.1, 0.15) is 16.4 Å². The molecule has 0 aliphatic carbocycles. The molecule has 2 heterocycles. The largest absolute Gasteiger partial charge is 0.296 e. The van der Waals surface area contributed by atoms with Crippen molar-refractivity contribution < 1.29 is 4.79 Å². The van der Waals surface area contributed by atoms with Crippen LogP contribution in [0.1, 0.15) is 28.5 Å². The smallest absolute Gasteiger partial charge is 0.212 e. The lowest BCUT2D eigenvalue weighted by Gasteiger charge is -2.04. The highest BCUT2D eigenvalue weighted by Crippen LogP contribution is 2.25. The van der Waals surface area contributed by atoms with E-state index in [1.807, 2.05) is 53.3 Å². The molecule has 3 nitrogen and oxygen atoms in total. The quantitative estimate of drug-likeness (QED) is 0.493. The molecule has 3 rings (SSSR count). The zero-order valence-corrected chi connectivity index (χ0v) is 14.7. The number of nitrogens with zero attached hydrogens (tertiary/aromatic N) is 2. The van der Waals surface area contributed by atoms with E-state index in [1.165, 1.54) is 17.3 Å². The molecule has 0 fully saturated rings. The molecule has 0 saturated carbocycles. The van der Waals surface area contributed by atoms with E-state index in [-0.39, 0.29) is 5.78 Å². The fraction of sp³-hybridized carbons (Fsp3) is 0.176. The Morgan fingerprint density at radius 2 is 2.00 bits per heavy atom. The summed E-state index contributed by atoms with van der Waals surface area (Å²) in [6.45, 7) is 2.11. The van der Waals surface area contributed by atoms with Gasteiger partial charge < -0.3 is 0 Å². The number of rotatable bonds is 4. The maximum Gasteiger partial charge on any atom is 0.212 e. The van der Waals surface area contributed by atoms with E-state index in [0.717, 1.165) is 21.6 Å². The van der Waals surface area contributed by atoms with E-state index in [0.29, 0.717) is 11.3 Å². The lowest BCUT2D eigenvalue weighted by molar-refractivity contribution is 0.103. The van der Waals surface area contributed by atoms with Crippen LogP contribution in [0.25, 0.3) is 5.65 Å². The molecule has 22 heavy (non-hydrogen) atoms. The standard InChI is InChI=1S/C17H15BrN2OS/c1-3-11-8-9-20-14(10-11)19-17(22-2)15(20)16(21)12-4-6-13(18)7-5-12/h4-10H,3H2,1-2H3. The molecular weight excluding hydrogens is 360 g/mol. The number of imidazole rings is 1. The van der Waals surface area contributed by atoms with Crippen LogP contribution >= 0.6 is 27.7 Å². The van der Waals surface area contributed by atoms with Crippen LogP contribution < -0.4 is 0 Å². The van der Waals surface area contributed by atoms with Gasteiger partial charge in [-0.3, -0.25) is 9.20 Å². The summed E-state index contributed by atoms with van der Waals surface area (Å²) in [6.07, 6.45) is 4.84. The average molecular weight is 375 g/mol. The van der Waals surface area contributed by atoms with Crippen molar-refractivity contribution in [2.45, 2.75) is 18.4 Å². The van der Waals surface area contributed by atoms with Crippen molar-refractivity contribution in [3.05, 3.63) is 63.9 Å². The number of thioether (sulfide) groups is 1. The van der Waals surface area contributed by atoms with Crippen LogP contribution in [-0.4, -0.2) is 21.4 Å². The number of benzene rings is 1. The average Bonchev–Trinajstić information content (AvgIpc) is 2.92. The first-order valence-electron chi connectivity index (χ1n) is 6.99. The van der Waals surface area contributed by atoms with Gasteiger partial charge in [0, 0.05) is 16.2 Å². The van der Waals surface area contributed by atoms with Gasteiger partial charge in [-0.05, 0) is 54.6 Å². The van der Waals surface area contributed by atoms with E-state index in [4.69, 9.17) is 0 Å². The maximum atomic E-state index is 12.9. The number of fused-ring (bicyclic) bond motifs is 1. The maximum absolute atomic E-state index is 12.9. The minimum absolute atomic E-state index is 0.00593. The second-order valence-electron chi connectivity index (χ2n) is 4.92. The van der Waals surface area contributed by atoms with Crippen LogP contribution in [0, 0.1) is 0 Å². The Kier molecular flexibility index (Phi) is 4.36. The van der Waals surface area contributed by atoms with Gasteiger partial charge in [-0.15, -0.1) is 11.8 Å². The van der Waals surface area contributed by atoms with Gasteiger partial charge in [-0.2, -0.15) is 0 Å². The summed E-state index contributed by atoms with van der Waals surface area (Å²) in [4.78, 5) is 17.5.